The van der Waals surface area contributed by atoms with E-state index in [1.54, 1.807) is 11.1 Å². The number of aromatic amines is 2. The van der Waals surface area contributed by atoms with Crippen molar-refractivity contribution in [1.29, 1.82) is 0 Å². The van der Waals surface area contributed by atoms with Crippen LogP contribution in [0.2, 0.25) is 0 Å². The van der Waals surface area contributed by atoms with E-state index < -0.39 is 0 Å². The molecule has 4 N–H and O–H groups in total. The van der Waals surface area contributed by atoms with E-state index in [0.29, 0.717) is 18.8 Å². The first-order valence-corrected chi connectivity index (χ1v) is 17.1. The molecule has 49 heavy (non-hydrogen) atoms. The van der Waals surface area contributed by atoms with Gasteiger partial charge in [0.05, 0.1) is 30.7 Å². The predicted molar refractivity (Wildman–Crippen MR) is 187 cm³/mol. The molecule has 2 fully saturated rings. The molecule has 1 aliphatic heterocycles. The van der Waals surface area contributed by atoms with Gasteiger partial charge in [0.1, 0.15) is 23.4 Å². The van der Waals surface area contributed by atoms with Crippen LogP contribution >= 0.6 is 0 Å². The number of amides is 3. The minimum Gasteiger partial charge on any atom is -0.354 e. The quantitative estimate of drug-likeness (QED) is 0.126. The Morgan fingerprint density at radius 1 is 0.939 bits per heavy atom. The summed E-state index contributed by atoms with van der Waals surface area (Å²) in [6.45, 7) is 1.30. The molecule has 1 saturated heterocycles. The van der Waals surface area contributed by atoms with Crippen LogP contribution in [0.5, 0.6) is 0 Å². The Morgan fingerprint density at radius 2 is 1.73 bits per heavy atom. The summed E-state index contributed by atoms with van der Waals surface area (Å²) in [5.74, 6) is 7.98. The summed E-state index contributed by atoms with van der Waals surface area (Å²) >= 11 is 0. The molecular formula is C38H44N8O3. The van der Waals surface area contributed by atoms with Crippen molar-refractivity contribution in [1.82, 2.24) is 40.4 Å². The predicted octanol–water partition coefficient (Wildman–Crippen LogP) is 4.13. The number of aromatic nitrogens is 4. The number of benzene rings is 2. The largest absolute Gasteiger partial charge is 0.354 e. The second kappa shape index (κ2) is 15.8. The van der Waals surface area contributed by atoms with Gasteiger partial charge in [-0.05, 0) is 81.8 Å². The first kappa shape index (κ1) is 33.7. The maximum Gasteiger partial charge on any atom is 0.242 e. The Balaban J connectivity index is 0.954. The zero-order chi connectivity index (χ0) is 34.2. The van der Waals surface area contributed by atoms with Crippen molar-refractivity contribution >= 4 is 17.7 Å². The van der Waals surface area contributed by atoms with Gasteiger partial charge in [-0.3, -0.25) is 19.3 Å². The molecule has 4 aromatic rings. The summed E-state index contributed by atoms with van der Waals surface area (Å²) < 4.78 is 0. The van der Waals surface area contributed by atoms with Gasteiger partial charge in [-0.15, -0.1) is 0 Å². The van der Waals surface area contributed by atoms with Crippen molar-refractivity contribution in [2.24, 2.45) is 5.92 Å². The van der Waals surface area contributed by atoms with E-state index in [4.69, 9.17) is 0 Å². The fourth-order valence-corrected chi connectivity index (χ4v) is 6.23. The minimum absolute atomic E-state index is 0.00956. The lowest BCUT2D eigenvalue weighted by Gasteiger charge is -2.23. The van der Waals surface area contributed by atoms with E-state index in [9.17, 15) is 14.4 Å². The molecule has 11 nitrogen and oxygen atoms in total. The van der Waals surface area contributed by atoms with Crippen LogP contribution in [0, 0.1) is 17.8 Å². The van der Waals surface area contributed by atoms with E-state index in [1.165, 1.54) is 0 Å². The molecule has 2 aromatic heterocycles. The van der Waals surface area contributed by atoms with Gasteiger partial charge in [-0.2, -0.15) is 0 Å². The van der Waals surface area contributed by atoms with Crippen LogP contribution in [0.25, 0.3) is 11.3 Å². The van der Waals surface area contributed by atoms with Gasteiger partial charge < -0.3 is 25.5 Å². The van der Waals surface area contributed by atoms with E-state index in [1.807, 2.05) is 79.8 Å². The van der Waals surface area contributed by atoms with Gasteiger partial charge in [0.15, 0.2) is 0 Å². The smallest absolute Gasteiger partial charge is 0.242 e. The average Bonchev–Trinajstić information content (AvgIpc) is 3.44. The lowest BCUT2D eigenvalue weighted by molar-refractivity contribution is -0.134. The molecule has 2 aromatic carbocycles. The second-order valence-electron chi connectivity index (χ2n) is 13.0. The van der Waals surface area contributed by atoms with Crippen molar-refractivity contribution in [2.45, 2.75) is 57.0 Å². The van der Waals surface area contributed by atoms with E-state index in [-0.39, 0.29) is 42.3 Å². The molecule has 3 amide bonds. The first-order chi connectivity index (χ1) is 23.9. The zero-order valence-electron chi connectivity index (χ0n) is 28.2. The van der Waals surface area contributed by atoms with Crippen LogP contribution in [0.4, 0.5) is 0 Å². The van der Waals surface area contributed by atoms with Gasteiger partial charge in [0.2, 0.25) is 17.7 Å². The number of likely N-dealkylation sites (tertiary alicyclic amines) is 1. The number of carbonyl (C=O) groups excluding carboxylic acids is 3. The van der Waals surface area contributed by atoms with Gasteiger partial charge >= 0.3 is 0 Å². The maximum atomic E-state index is 12.8. The molecule has 1 saturated carbocycles. The number of H-pyrrole nitrogens is 2. The van der Waals surface area contributed by atoms with Crippen molar-refractivity contribution in [2.75, 3.05) is 33.7 Å². The SMILES string of the molecule is CN(C)C(C(=O)NCCCCc1ncc(-c2ccc(C#Cc3cnc(C4CCCN4C(=O)CNC(=O)C4CC4)[nH]3)cc2)[nH]1)c1ccccc1. The summed E-state index contributed by atoms with van der Waals surface area (Å²) in [6.07, 6.45) is 9.67. The van der Waals surface area contributed by atoms with Crippen LogP contribution in [-0.4, -0.2) is 81.2 Å². The van der Waals surface area contributed by atoms with Crippen molar-refractivity contribution in [3.8, 4) is 23.1 Å². The molecular weight excluding hydrogens is 616 g/mol. The molecule has 6 rings (SSSR count). The average molecular weight is 661 g/mol. The third-order valence-electron chi connectivity index (χ3n) is 9.03. The fourth-order valence-electron chi connectivity index (χ4n) is 6.23. The third kappa shape index (κ3) is 8.83. The minimum atomic E-state index is -0.310. The number of nitrogens with one attached hydrogen (secondary N) is 4. The molecule has 1 aliphatic carbocycles. The molecule has 0 spiro atoms. The van der Waals surface area contributed by atoms with Crippen LogP contribution in [0.3, 0.4) is 0 Å². The van der Waals surface area contributed by atoms with Crippen LogP contribution in [-0.2, 0) is 20.8 Å². The fraction of sp³-hybridized carbons (Fsp3) is 0.395. The molecule has 254 valence electrons. The van der Waals surface area contributed by atoms with Gasteiger partial charge in [-0.1, -0.05) is 48.4 Å². The Bertz CT molecular complexity index is 1800. The van der Waals surface area contributed by atoms with E-state index in [0.717, 1.165) is 79.0 Å². The molecule has 2 unspecified atom stereocenters. The number of rotatable bonds is 13. The van der Waals surface area contributed by atoms with Crippen LogP contribution in [0.1, 0.15) is 79.1 Å². The normalized spacial score (nSPS) is 16.2. The van der Waals surface area contributed by atoms with Crippen molar-refractivity contribution in [3.05, 3.63) is 95.5 Å². The number of nitrogens with zero attached hydrogens (tertiary/aromatic N) is 4. The number of hydrogen-bond acceptors (Lipinski definition) is 6. The number of carbonyl (C=O) groups is 3. The topological polar surface area (TPSA) is 139 Å². The number of likely N-dealkylation sites (N-methyl/N-ethyl adjacent to an activating group) is 1. The molecule has 3 heterocycles. The first-order valence-electron chi connectivity index (χ1n) is 17.1. The Hall–Kier alpha value is -5.21. The van der Waals surface area contributed by atoms with Gasteiger partial charge in [0, 0.05) is 31.0 Å². The Labute approximate surface area is 287 Å². The lowest BCUT2D eigenvalue weighted by Crippen LogP contribution is -2.40. The highest BCUT2D eigenvalue weighted by Gasteiger charge is 2.34. The molecule has 0 radical (unpaired) electrons. The molecule has 2 aliphatic rings. The monoisotopic (exact) mass is 660 g/mol. The number of hydrogen-bond donors (Lipinski definition) is 4. The third-order valence-corrected chi connectivity index (χ3v) is 9.03. The standard InChI is InChI=1S/C38H44N8O3/c1-45(2)35(28-9-4-3-5-10-28)38(49)39-21-7-6-12-33-40-24-31(44-33)27-16-13-26(14-17-27)15-20-30-23-41-36(43-30)32-11-8-22-46(32)34(47)25-42-37(48)29-18-19-29/h3-5,9-10,13-14,16-17,23-24,29,32,35H,6-8,11-12,18-19,21-22,25H2,1-2H3,(H,39,49)(H,40,44)(H,41,43)(H,42,48). The summed E-state index contributed by atoms with van der Waals surface area (Å²) in [4.78, 5) is 57.1. The highest BCUT2D eigenvalue weighted by atomic mass is 16.2. The second-order valence-corrected chi connectivity index (χ2v) is 13.0. The van der Waals surface area contributed by atoms with E-state index in [2.05, 4.69) is 42.4 Å². The maximum absolute atomic E-state index is 12.8. The van der Waals surface area contributed by atoms with Gasteiger partial charge in [0.25, 0.3) is 0 Å². The van der Waals surface area contributed by atoms with Crippen LogP contribution < -0.4 is 10.6 Å². The van der Waals surface area contributed by atoms with Crippen molar-refractivity contribution < 1.29 is 14.4 Å². The molecule has 0 bridgehead atoms. The highest BCUT2D eigenvalue weighted by Crippen LogP contribution is 2.31. The Kier molecular flexibility index (Phi) is 10.9. The number of aryl methyl sites for hydroxylation is 1. The van der Waals surface area contributed by atoms with E-state index >= 15 is 0 Å². The lowest BCUT2D eigenvalue weighted by atomic mass is 10.1. The molecule has 2 atom stereocenters. The summed E-state index contributed by atoms with van der Waals surface area (Å²) in [7, 11) is 3.84. The van der Waals surface area contributed by atoms with Crippen molar-refractivity contribution in [3.63, 3.8) is 0 Å². The van der Waals surface area contributed by atoms with Crippen LogP contribution in [0.15, 0.2) is 67.0 Å². The Morgan fingerprint density at radius 3 is 2.49 bits per heavy atom. The number of unbranched alkanes of at least 4 members (excludes halogenated alkanes) is 1. The zero-order valence-corrected chi connectivity index (χ0v) is 28.2. The summed E-state index contributed by atoms with van der Waals surface area (Å²) in [5, 5.41) is 5.86. The highest BCUT2D eigenvalue weighted by molar-refractivity contribution is 5.87. The van der Waals surface area contributed by atoms with Gasteiger partial charge in [-0.25, -0.2) is 9.97 Å². The summed E-state index contributed by atoms with van der Waals surface area (Å²) in [5.41, 5.74) is 4.51. The molecule has 11 heteroatoms. The number of imidazole rings is 2. The summed E-state index contributed by atoms with van der Waals surface area (Å²) in [6, 6.07) is 17.4.